The summed E-state index contributed by atoms with van der Waals surface area (Å²) in [5.41, 5.74) is 4.88. The lowest BCUT2D eigenvalue weighted by Crippen LogP contribution is -2.24. The lowest BCUT2D eigenvalue weighted by atomic mass is 10.1. The molecule has 98 valence electrons. The van der Waals surface area contributed by atoms with Gasteiger partial charge in [0.1, 0.15) is 11.3 Å². The number of carbonyl (C=O) groups is 1. The van der Waals surface area contributed by atoms with Crippen molar-refractivity contribution in [2.24, 2.45) is 0 Å². The summed E-state index contributed by atoms with van der Waals surface area (Å²) in [7, 11) is 0. The highest BCUT2D eigenvalue weighted by molar-refractivity contribution is 6.00. The molecule has 0 bridgehead atoms. The number of hydrogen-bond acceptors (Lipinski definition) is 7. The summed E-state index contributed by atoms with van der Waals surface area (Å²) in [6.07, 6.45) is 1.12. The van der Waals surface area contributed by atoms with E-state index in [0.717, 1.165) is 6.39 Å². The Bertz CT molecular complexity index is 610. The van der Waals surface area contributed by atoms with Crippen molar-refractivity contribution in [2.75, 3.05) is 5.73 Å². The smallest absolute Gasteiger partial charge is 0.304 e. The van der Waals surface area contributed by atoms with Crippen molar-refractivity contribution in [2.45, 2.75) is 6.54 Å². The second-order valence-electron chi connectivity index (χ2n) is 3.53. The summed E-state index contributed by atoms with van der Waals surface area (Å²) >= 11 is 0. The van der Waals surface area contributed by atoms with Gasteiger partial charge in [-0.3, -0.25) is 14.9 Å². The fourth-order valence-corrected chi connectivity index (χ4v) is 1.47. The summed E-state index contributed by atoms with van der Waals surface area (Å²) in [4.78, 5) is 25.8. The number of amides is 1. The molecule has 0 fully saturated rings. The Morgan fingerprint density at radius 3 is 2.95 bits per heavy atom. The summed E-state index contributed by atoms with van der Waals surface area (Å²) in [6.45, 7) is 0.00128. The number of nitro benzene ring substituents is 1. The highest BCUT2D eigenvalue weighted by Gasteiger charge is 2.23. The molecule has 0 aliphatic carbocycles. The number of nitrogens with zero attached hydrogens (tertiary/aromatic N) is 3. The molecule has 1 aromatic carbocycles. The van der Waals surface area contributed by atoms with Gasteiger partial charge in [-0.1, -0.05) is 11.2 Å². The quantitative estimate of drug-likeness (QED) is 0.465. The molecule has 0 atom stereocenters. The molecule has 0 radical (unpaired) electrons. The number of anilines is 1. The van der Waals surface area contributed by atoms with Crippen molar-refractivity contribution in [3.8, 4) is 0 Å². The third-order valence-electron chi connectivity index (χ3n) is 2.31. The van der Waals surface area contributed by atoms with Crippen LogP contribution >= 0.6 is 0 Å². The van der Waals surface area contributed by atoms with E-state index in [1.165, 1.54) is 18.2 Å². The number of benzene rings is 1. The Labute approximate surface area is 106 Å². The van der Waals surface area contributed by atoms with Crippen molar-refractivity contribution in [1.82, 2.24) is 15.5 Å². The van der Waals surface area contributed by atoms with Crippen LogP contribution in [-0.2, 0) is 6.54 Å². The third-order valence-corrected chi connectivity index (χ3v) is 2.31. The Morgan fingerprint density at radius 2 is 2.32 bits per heavy atom. The van der Waals surface area contributed by atoms with Crippen molar-refractivity contribution < 1.29 is 14.2 Å². The maximum Gasteiger partial charge on any atom is 0.304 e. The SMILES string of the molecule is Nc1cccc(C(=O)NCc2ncon2)c1[N+](=O)[O-]. The zero-order valence-corrected chi connectivity index (χ0v) is 9.57. The first-order valence-corrected chi connectivity index (χ1v) is 5.16. The van der Waals surface area contributed by atoms with E-state index >= 15 is 0 Å². The Kier molecular flexibility index (Phi) is 3.37. The second kappa shape index (κ2) is 5.12. The minimum absolute atomic E-state index is 0.00128. The Balaban J connectivity index is 2.19. The van der Waals surface area contributed by atoms with Crippen LogP contribution in [0.2, 0.25) is 0 Å². The number of nitrogen functional groups attached to an aromatic ring is 1. The Hall–Kier alpha value is -2.97. The maximum atomic E-state index is 11.9. The van der Waals surface area contributed by atoms with Gasteiger partial charge < -0.3 is 15.6 Å². The fraction of sp³-hybridized carbons (Fsp3) is 0.100. The first-order valence-electron chi connectivity index (χ1n) is 5.16. The van der Waals surface area contributed by atoms with Crippen LogP contribution in [0, 0.1) is 10.1 Å². The molecule has 1 amide bonds. The molecule has 9 nitrogen and oxygen atoms in total. The van der Waals surface area contributed by atoms with Crippen LogP contribution in [0.3, 0.4) is 0 Å². The van der Waals surface area contributed by atoms with Gasteiger partial charge in [0.25, 0.3) is 5.91 Å². The molecule has 9 heteroatoms. The molecular weight excluding hydrogens is 254 g/mol. The molecule has 0 aliphatic heterocycles. The number of nitrogens with two attached hydrogens (primary N) is 1. The van der Waals surface area contributed by atoms with Crippen LogP contribution in [-0.4, -0.2) is 21.0 Å². The zero-order chi connectivity index (χ0) is 13.8. The van der Waals surface area contributed by atoms with E-state index in [1.807, 2.05) is 0 Å². The third kappa shape index (κ3) is 2.65. The van der Waals surface area contributed by atoms with Crippen molar-refractivity contribution in [1.29, 1.82) is 0 Å². The molecular formula is C10H9N5O4. The number of nitrogens with one attached hydrogen (secondary N) is 1. The molecule has 0 aliphatic rings. The minimum Gasteiger partial charge on any atom is -0.393 e. The molecule has 2 rings (SSSR count). The molecule has 1 aromatic heterocycles. The van der Waals surface area contributed by atoms with E-state index in [4.69, 9.17) is 5.73 Å². The number of nitro groups is 1. The molecule has 1 heterocycles. The van der Waals surface area contributed by atoms with Crippen molar-refractivity contribution in [3.05, 3.63) is 46.1 Å². The monoisotopic (exact) mass is 263 g/mol. The Morgan fingerprint density at radius 1 is 1.53 bits per heavy atom. The van der Waals surface area contributed by atoms with E-state index in [0.29, 0.717) is 0 Å². The van der Waals surface area contributed by atoms with E-state index in [-0.39, 0.29) is 23.6 Å². The largest absolute Gasteiger partial charge is 0.393 e. The zero-order valence-electron chi connectivity index (χ0n) is 9.57. The molecule has 0 unspecified atom stereocenters. The van der Waals surface area contributed by atoms with Crippen LogP contribution in [0.15, 0.2) is 29.1 Å². The second-order valence-corrected chi connectivity index (χ2v) is 3.53. The molecule has 19 heavy (non-hydrogen) atoms. The van der Waals surface area contributed by atoms with E-state index < -0.39 is 16.5 Å². The normalized spacial score (nSPS) is 10.1. The average Bonchev–Trinajstić information content (AvgIpc) is 2.88. The summed E-state index contributed by atoms with van der Waals surface area (Å²) in [5, 5.41) is 16.8. The topological polar surface area (TPSA) is 137 Å². The maximum absolute atomic E-state index is 11.9. The van der Waals surface area contributed by atoms with Gasteiger partial charge in [0.05, 0.1) is 11.5 Å². The number of rotatable bonds is 4. The number of para-hydroxylation sites is 1. The van der Waals surface area contributed by atoms with Gasteiger partial charge in [-0.25, -0.2) is 0 Å². The van der Waals surface area contributed by atoms with Crippen LogP contribution < -0.4 is 11.1 Å². The highest BCUT2D eigenvalue weighted by atomic mass is 16.6. The van der Waals surface area contributed by atoms with E-state index in [1.54, 1.807) is 0 Å². The minimum atomic E-state index is -0.696. The predicted octanol–water partition coefficient (Wildman–Crippen LogP) is 0.490. The predicted molar refractivity (Wildman–Crippen MR) is 63.0 cm³/mol. The number of carbonyl (C=O) groups excluding carboxylic acids is 1. The molecule has 2 aromatic rings. The summed E-state index contributed by atoms with van der Waals surface area (Å²) in [6, 6.07) is 4.14. The lowest BCUT2D eigenvalue weighted by molar-refractivity contribution is -0.384. The van der Waals surface area contributed by atoms with Crippen molar-refractivity contribution in [3.63, 3.8) is 0 Å². The van der Waals surface area contributed by atoms with Crippen LogP contribution in [0.1, 0.15) is 16.2 Å². The van der Waals surface area contributed by atoms with E-state index in [2.05, 4.69) is 20.0 Å². The van der Waals surface area contributed by atoms with Crippen LogP contribution in [0.5, 0.6) is 0 Å². The van der Waals surface area contributed by atoms with Crippen LogP contribution in [0.4, 0.5) is 11.4 Å². The number of aromatic nitrogens is 2. The summed E-state index contributed by atoms with van der Waals surface area (Å²) < 4.78 is 4.49. The van der Waals surface area contributed by atoms with Gasteiger partial charge in [0.15, 0.2) is 5.82 Å². The standard InChI is InChI=1S/C10H9N5O4/c11-7-3-1-2-6(9(7)15(17)18)10(16)12-4-8-13-5-19-14-8/h1-3,5H,4,11H2,(H,12,16). The first-order chi connectivity index (χ1) is 9.09. The van der Waals surface area contributed by atoms with Crippen molar-refractivity contribution >= 4 is 17.3 Å². The molecule has 3 N–H and O–H groups in total. The molecule has 0 spiro atoms. The van der Waals surface area contributed by atoms with Gasteiger partial charge in [0.2, 0.25) is 6.39 Å². The van der Waals surface area contributed by atoms with Gasteiger partial charge in [-0.15, -0.1) is 0 Å². The lowest BCUT2D eigenvalue weighted by Gasteiger charge is -2.05. The fourth-order valence-electron chi connectivity index (χ4n) is 1.47. The summed E-state index contributed by atoms with van der Waals surface area (Å²) in [5.74, 6) is -0.372. The highest BCUT2D eigenvalue weighted by Crippen LogP contribution is 2.25. The number of hydrogen-bond donors (Lipinski definition) is 2. The first kappa shape index (κ1) is 12.5. The van der Waals surface area contributed by atoms with Gasteiger partial charge in [0, 0.05) is 0 Å². The molecule has 0 saturated carbocycles. The molecule has 0 saturated heterocycles. The van der Waals surface area contributed by atoms with Gasteiger partial charge in [-0.05, 0) is 12.1 Å². The van der Waals surface area contributed by atoms with E-state index in [9.17, 15) is 14.9 Å². The average molecular weight is 263 g/mol. The van der Waals surface area contributed by atoms with Gasteiger partial charge in [-0.2, -0.15) is 4.98 Å². The van der Waals surface area contributed by atoms with Gasteiger partial charge >= 0.3 is 5.69 Å². The van der Waals surface area contributed by atoms with Crippen LogP contribution in [0.25, 0.3) is 0 Å².